The summed E-state index contributed by atoms with van der Waals surface area (Å²) in [6.07, 6.45) is 5.38. The molecule has 0 amide bonds. The minimum Gasteiger partial charge on any atom is -0.382 e. The lowest BCUT2D eigenvalue weighted by molar-refractivity contribution is 0.110. The third kappa shape index (κ3) is 2.69. The summed E-state index contributed by atoms with van der Waals surface area (Å²) >= 11 is 0. The second-order valence-corrected chi connectivity index (χ2v) is 5.07. The van der Waals surface area contributed by atoms with Crippen molar-refractivity contribution in [2.75, 3.05) is 7.11 Å². The Hall–Kier alpha value is -0.870. The minimum atomic E-state index is 0.295. The van der Waals surface area contributed by atoms with Crippen LogP contribution in [0.1, 0.15) is 37.0 Å². The van der Waals surface area contributed by atoms with E-state index < -0.39 is 0 Å². The average molecular weight is 237 g/mol. The highest BCUT2D eigenvalue weighted by molar-refractivity contribution is 5.21. The van der Waals surface area contributed by atoms with Crippen molar-refractivity contribution in [3.05, 3.63) is 17.2 Å². The zero-order valence-corrected chi connectivity index (χ0v) is 11.1. The van der Waals surface area contributed by atoms with E-state index in [0.29, 0.717) is 12.1 Å². The van der Waals surface area contributed by atoms with Crippen LogP contribution in [0.3, 0.4) is 0 Å². The third-order valence-electron chi connectivity index (χ3n) is 3.77. The molecule has 2 rings (SSSR count). The second-order valence-electron chi connectivity index (χ2n) is 5.07. The summed E-state index contributed by atoms with van der Waals surface area (Å²) < 4.78 is 7.53. The number of hydrogen-bond donors (Lipinski definition) is 1. The molecule has 2 atom stereocenters. The Bertz CT molecular complexity index is 386. The molecular formula is C13H23N3O. The lowest BCUT2D eigenvalue weighted by Gasteiger charge is -2.17. The molecule has 0 fully saturated rings. The normalized spacial score (nSPS) is 21.3. The number of imidazole rings is 1. The third-order valence-corrected chi connectivity index (χ3v) is 3.77. The summed E-state index contributed by atoms with van der Waals surface area (Å²) in [5.41, 5.74) is 8.58. The lowest BCUT2D eigenvalue weighted by Crippen LogP contribution is -2.28. The Labute approximate surface area is 103 Å². The Balaban J connectivity index is 2.09. The smallest absolute Gasteiger partial charge is 0.109 e. The van der Waals surface area contributed by atoms with Gasteiger partial charge in [0.15, 0.2) is 0 Å². The highest BCUT2D eigenvalue weighted by Gasteiger charge is 2.21. The molecule has 0 bridgehead atoms. The van der Waals surface area contributed by atoms with Crippen LogP contribution in [0.4, 0.5) is 0 Å². The maximum atomic E-state index is 5.98. The predicted molar refractivity (Wildman–Crippen MR) is 68.0 cm³/mol. The van der Waals surface area contributed by atoms with Gasteiger partial charge in [-0.2, -0.15) is 0 Å². The van der Waals surface area contributed by atoms with E-state index in [4.69, 9.17) is 15.5 Å². The number of nitrogens with zero attached hydrogens (tertiary/aromatic N) is 2. The first kappa shape index (κ1) is 12.6. The van der Waals surface area contributed by atoms with Crippen LogP contribution in [0.25, 0.3) is 0 Å². The van der Waals surface area contributed by atoms with E-state index in [-0.39, 0.29) is 0 Å². The van der Waals surface area contributed by atoms with Crippen molar-refractivity contribution in [3.8, 4) is 0 Å². The summed E-state index contributed by atoms with van der Waals surface area (Å²) in [5.74, 6) is 1.17. The van der Waals surface area contributed by atoms with E-state index in [1.54, 1.807) is 7.11 Å². The lowest BCUT2D eigenvalue weighted by atomic mass is 9.97. The molecule has 1 aromatic heterocycles. The topological polar surface area (TPSA) is 53.1 Å². The van der Waals surface area contributed by atoms with E-state index in [9.17, 15) is 0 Å². The highest BCUT2D eigenvalue weighted by Crippen LogP contribution is 2.21. The van der Waals surface area contributed by atoms with Crippen LogP contribution in [0, 0.1) is 0 Å². The van der Waals surface area contributed by atoms with Crippen molar-refractivity contribution in [3.63, 3.8) is 0 Å². The van der Waals surface area contributed by atoms with Gasteiger partial charge in [0.25, 0.3) is 0 Å². The van der Waals surface area contributed by atoms with Crippen LogP contribution >= 0.6 is 0 Å². The van der Waals surface area contributed by atoms with Gasteiger partial charge >= 0.3 is 0 Å². The van der Waals surface area contributed by atoms with Crippen molar-refractivity contribution >= 4 is 0 Å². The molecule has 2 N–H and O–H groups in total. The summed E-state index contributed by atoms with van der Waals surface area (Å²) in [4.78, 5) is 4.73. The van der Waals surface area contributed by atoms with Crippen molar-refractivity contribution in [2.45, 2.75) is 51.2 Å². The second kappa shape index (κ2) is 5.19. The molecule has 4 heteroatoms. The van der Waals surface area contributed by atoms with Gasteiger partial charge in [0.2, 0.25) is 0 Å². The minimum absolute atomic E-state index is 0.295. The highest BCUT2D eigenvalue weighted by atomic mass is 16.5. The quantitative estimate of drug-likeness (QED) is 0.856. The Kier molecular flexibility index (Phi) is 3.84. The summed E-state index contributed by atoms with van der Waals surface area (Å²) in [7, 11) is 3.88. The van der Waals surface area contributed by atoms with Crippen LogP contribution in [0.5, 0.6) is 0 Å². The first-order valence-electron chi connectivity index (χ1n) is 6.43. The molecule has 0 saturated heterocycles. The fourth-order valence-electron chi connectivity index (χ4n) is 2.47. The Morgan fingerprint density at radius 3 is 3.06 bits per heavy atom. The molecule has 2 unspecified atom stereocenters. The standard InChI is InChI=1S/C13H23N3O/c1-9(17-3)4-7-13-15-11-8-10(14)5-6-12(11)16(13)2/h9-10H,4-8,14H2,1-3H3. The largest absolute Gasteiger partial charge is 0.382 e. The van der Waals surface area contributed by atoms with Crippen molar-refractivity contribution in [2.24, 2.45) is 12.8 Å². The van der Waals surface area contributed by atoms with Gasteiger partial charge in [-0.3, -0.25) is 0 Å². The number of aryl methyl sites for hydroxylation is 1. The van der Waals surface area contributed by atoms with Gasteiger partial charge < -0.3 is 15.0 Å². The van der Waals surface area contributed by atoms with Gasteiger partial charge in [-0.1, -0.05) is 0 Å². The van der Waals surface area contributed by atoms with Crippen LogP contribution in [-0.2, 0) is 31.0 Å². The number of methoxy groups -OCH3 is 1. The molecule has 96 valence electrons. The monoisotopic (exact) mass is 237 g/mol. The zero-order chi connectivity index (χ0) is 12.4. The number of aromatic nitrogens is 2. The Morgan fingerprint density at radius 2 is 2.35 bits per heavy atom. The zero-order valence-electron chi connectivity index (χ0n) is 11.1. The molecule has 1 heterocycles. The van der Waals surface area contributed by atoms with E-state index in [0.717, 1.165) is 32.1 Å². The SMILES string of the molecule is COC(C)CCc1nc2c(n1C)CCC(N)C2. The van der Waals surface area contributed by atoms with Gasteiger partial charge in [-0.05, 0) is 26.2 Å². The molecule has 4 nitrogen and oxygen atoms in total. The molecular weight excluding hydrogens is 214 g/mol. The number of hydrogen-bond acceptors (Lipinski definition) is 3. The van der Waals surface area contributed by atoms with Crippen molar-refractivity contribution in [1.82, 2.24) is 9.55 Å². The van der Waals surface area contributed by atoms with Crippen LogP contribution in [0.2, 0.25) is 0 Å². The summed E-state index contributed by atoms with van der Waals surface area (Å²) in [6.45, 7) is 2.10. The molecule has 0 saturated carbocycles. The maximum absolute atomic E-state index is 5.98. The van der Waals surface area contributed by atoms with E-state index in [2.05, 4.69) is 18.5 Å². The van der Waals surface area contributed by atoms with E-state index >= 15 is 0 Å². The van der Waals surface area contributed by atoms with Gasteiger partial charge in [0.1, 0.15) is 5.82 Å². The first-order valence-corrected chi connectivity index (χ1v) is 6.43. The molecule has 1 aliphatic rings. The number of fused-ring (bicyclic) bond motifs is 1. The predicted octanol–water partition coefficient (Wildman–Crippen LogP) is 1.20. The fourth-order valence-corrected chi connectivity index (χ4v) is 2.47. The van der Waals surface area contributed by atoms with Gasteiger partial charge in [-0.25, -0.2) is 4.98 Å². The molecule has 0 radical (unpaired) electrons. The molecule has 0 aliphatic heterocycles. The molecule has 17 heavy (non-hydrogen) atoms. The van der Waals surface area contributed by atoms with Gasteiger partial charge in [0, 0.05) is 38.7 Å². The summed E-state index contributed by atoms with van der Waals surface area (Å²) in [6, 6.07) is 0.295. The molecule has 1 aliphatic carbocycles. The maximum Gasteiger partial charge on any atom is 0.109 e. The van der Waals surface area contributed by atoms with Crippen molar-refractivity contribution < 1.29 is 4.74 Å². The van der Waals surface area contributed by atoms with Crippen LogP contribution in [-0.4, -0.2) is 28.8 Å². The van der Waals surface area contributed by atoms with E-state index in [1.807, 2.05) is 0 Å². The fraction of sp³-hybridized carbons (Fsp3) is 0.769. The van der Waals surface area contributed by atoms with Crippen LogP contribution in [0.15, 0.2) is 0 Å². The van der Waals surface area contributed by atoms with Gasteiger partial charge in [-0.15, -0.1) is 0 Å². The first-order chi connectivity index (χ1) is 8.11. The summed E-state index contributed by atoms with van der Waals surface area (Å²) in [5, 5.41) is 0. The molecule has 0 spiro atoms. The average Bonchev–Trinajstić information content (AvgIpc) is 2.62. The number of nitrogens with two attached hydrogens (primary N) is 1. The molecule has 0 aromatic carbocycles. The molecule has 1 aromatic rings. The Morgan fingerprint density at radius 1 is 1.59 bits per heavy atom. The van der Waals surface area contributed by atoms with Crippen LogP contribution < -0.4 is 5.73 Å². The van der Waals surface area contributed by atoms with Gasteiger partial charge in [0.05, 0.1) is 11.8 Å². The number of ether oxygens (including phenoxy) is 1. The van der Waals surface area contributed by atoms with E-state index in [1.165, 1.54) is 17.2 Å². The van der Waals surface area contributed by atoms with Crippen molar-refractivity contribution in [1.29, 1.82) is 0 Å². The number of rotatable bonds is 4.